The lowest BCUT2D eigenvalue weighted by Crippen LogP contribution is -2.38. The lowest BCUT2D eigenvalue weighted by atomic mass is 10.2. The van der Waals surface area contributed by atoms with E-state index in [0.717, 1.165) is 5.56 Å². The summed E-state index contributed by atoms with van der Waals surface area (Å²) in [4.78, 5) is 23.6. The van der Waals surface area contributed by atoms with E-state index in [1.54, 1.807) is 26.0 Å². The van der Waals surface area contributed by atoms with Crippen molar-refractivity contribution in [2.24, 2.45) is 0 Å². The minimum Gasteiger partial charge on any atom is -0.469 e. The van der Waals surface area contributed by atoms with Gasteiger partial charge in [-0.1, -0.05) is 30.3 Å². The summed E-state index contributed by atoms with van der Waals surface area (Å²) in [6, 6.07) is 9.06. The molecule has 8 nitrogen and oxygen atoms in total. The molecule has 0 heterocycles. The normalized spacial score (nSPS) is 12.3. The highest BCUT2D eigenvalue weighted by atomic mass is 31.2. The maximum absolute atomic E-state index is 12.9. The molecule has 0 aromatic heterocycles. The first-order chi connectivity index (χ1) is 11.9. The number of esters is 1. The standard InChI is InChI=1S/C16H24NO7P/c1-4-23-25(20,24-5-2)14(11-15(18)21-3)17-16(19)22-12-13-9-7-6-8-10-13/h6-10,14H,4-5,11-12H2,1-3H3,(H,17,19)/t14-/m1/s1. The van der Waals surface area contributed by atoms with Crippen LogP contribution in [0.5, 0.6) is 0 Å². The topological polar surface area (TPSA) is 100 Å². The summed E-state index contributed by atoms with van der Waals surface area (Å²) in [6.45, 7) is 3.49. The molecule has 1 aromatic rings. The van der Waals surface area contributed by atoms with Crippen molar-refractivity contribution in [1.82, 2.24) is 5.32 Å². The fraction of sp³-hybridized carbons (Fsp3) is 0.500. The zero-order valence-corrected chi connectivity index (χ0v) is 15.5. The van der Waals surface area contributed by atoms with Crippen LogP contribution in [0.15, 0.2) is 30.3 Å². The van der Waals surface area contributed by atoms with Gasteiger partial charge in [0.15, 0.2) is 0 Å². The highest BCUT2D eigenvalue weighted by molar-refractivity contribution is 7.54. The van der Waals surface area contributed by atoms with Crippen molar-refractivity contribution >= 4 is 19.7 Å². The molecule has 0 bridgehead atoms. The minimum absolute atomic E-state index is 0.0329. The van der Waals surface area contributed by atoms with E-state index in [0.29, 0.717) is 0 Å². The third kappa shape index (κ3) is 7.25. The number of nitrogens with one attached hydrogen (secondary N) is 1. The summed E-state index contributed by atoms with van der Waals surface area (Å²) < 4.78 is 32.9. The summed E-state index contributed by atoms with van der Waals surface area (Å²) in [5, 5.41) is 2.39. The Kier molecular flexibility index (Phi) is 9.20. The molecule has 25 heavy (non-hydrogen) atoms. The number of rotatable bonds is 10. The molecule has 1 N–H and O–H groups in total. The van der Waals surface area contributed by atoms with Crippen molar-refractivity contribution in [3.63, 3.8) is 0 Å². The molecule has 140 valence electrons. The van der Waals surface area contributed by atoms with Crippen molar-refractivity contribution < 1.29 is 32.7 Å². The predicted octanol–water partition coefficient (Wildman–Crippen LogP) is 3.07. The Balaban J connectivity index is 2.79. The SMILES string of the molecule is CCOP(=O)(OCC)[C@H](CC(=O)OC)NC(=O)OCc1ccccc1. The molecule has 0 aliphatic carbocycles. The summed E-state index contributed by atoms with van der Waals surface area (Å²) in [7, 11) is -2.56. The molecule has 0 spiro atoms. The number of hydrogen-bond donors (Lipinski definition) is 1. The van der Waals surface area contributed by atoms with Crippen LogP contribution in [0.2, 0.25) is 0 Å². The highest BCUT2D eigenvalue weighted by Crippen LogP contribution is 2.53. The third-order valence-corrected chi connectivity index (χ3v) is 5.40. The van der Waals surface area contributed by atoms with Crippen molar-refractivity contribution in [2.75, 3.05) is 20.3 Å². The van der Waals surface area contributed by atoms with Gasteiger partial charge in [-0.2, -0.15) is 0 Å². The predicted molar refractivity (Wildman–Crippen MR) is 91.0 cm³/mol. The van der Waals surface area contributed by atoms with Crippen molar-refractivity contribution in [3.8, 4) is 0 Å². The van der Waals surface area contributed by atoms with Gasteiger partial charge in [0.2, 0.25) is 0 Å². The van der Waals surface area contributed by atoms with Crippen molar-refractivity contribution in [1.29, 1.82) is 0 Å². The zero-order valence-electron chi connectivity index (χ0n) is 14.6. The second-order valence-corrected chi connectivity index (χ2v) is 7.10. The van der Waals surface area contributed by atoms with Crippen LogP contribution >= 0.6 is 7.60 Å². The van der Waals surface area contributed by atoms with Gasteiger partial charge in [0, 0.05) is 0 Å². The number of benzene rings is 1. The van der Waals surface area contributed by atoms with E-state index < -0.39 is 25.4 Å². The maximum atomic E-state index is 12.9. The molecule has 1 aromatic carbocycles. The number of amides is 1. The number of hydrogen-bond acceptors (Lipinski definition) is 7. The molecule has 0 aliphatic heterocycles. The van der Waals surface area contributed by atoms with Crippen LogP contribution in [0.1, 0.15) is 25.8 Å². The largest absolute Gasteiger partial charge is 0.469 e. The van der Waals surface area contributed by atoms with E-state index in [4.69, 9.17) is 13.8 Å². The molecule has 1 atom stereocenters. The van der Waals surface area contributed by atoms with Crippen LogP contribution in [-0.2, 0) is 34.5 Å². The van der Waals surface area contributed by atoms with Crippen LogP contribution in [0.4, 0.5) is 4.79 Å². The molecule has 0 saturated carbocycles. The number of ether oxygens (including phenoxy) is 2. The first-order valence-electron chi connectivity index (χ1n) is 7.88. The average Bonchev–Trinajstić information content (AvgIpc) is 2.60. The van der Waals surface area contributed by atoms with Gasteiger partial charge in [0.1, 0.15) is 12.4 Å². The lowest BCUT2D eigenvalue weighted by Gasteiger charge is -2.26. The molecule has 0 saturated heterocycles. The van der Waals surface area contributed by atoms with Crippen molar-refractivity contribution in [2.45, 2.75) is 32.7 Å². The molecular weight excluding hydrogens is 349 g/mol. The number of carbonyl (C=O) groups excluding carboxylic acids is 2. The molecular formula is C16H24NO7P. The first-order valence-corrected chi connectivity index (χ1v) is 9.49. The van der Waals surface area contributed by atoms with E-state index in [2.05, 4.69) is 10.1 Å². The molecule has 1 rings (SSSR count). The maximum Gasteiger partial charge on any atom is 0.408 e. The fourth-order valence-electron chi connectivity index (χ4n) is 1.96. The summed E-state index contributed by atoms with van der Waals surface area (Å²) >= 11 is 0. The molecule has 0 fully saturated rings. The average molecular weight is 373 g/mol. The van der Waals surface area contributed by atoms with Gasteiger partial charge in [0.05, 0.1) is 26.7 Å². The van der Waals surface area contributed by atoms with Gasteiger partial charge in [-0.3, -0.25) is 9.36 Å². The second-order valence-electron chi connectivity index (χ2n) is 4.88. The minimum atomic E-state index is -3.76. The van der Waals surface area contributed by atoms with Gasteiger partial charge < -0.3 is 23.8 Å². The molecule has 9 heteroatoms. The van der Waals surface area contributed by atoms with E-state index in [-0.39, 0.29) is 26.2 Å². The quantitative estimate of drug-likeness (QED) is 0.497. The van der Waals surface area contributed by atoms with Gasteiger partial charge in [-0.15, -0.1) is 0 Å². The van der Waals surface area contributed by atoms with Crippen molar-refractivity contribution in [3.05, 3.63) is 35.9 Å². The van der Waals surface area contributed by atoms with Gasteiger partial charge in [-0.05, 0) is 19.4 Å². The van der Waals surface area contributed by atoms with Gasteiger partial charge >= 0.3 is 19.7 Å². The van der Waals surface area contributed by atoms with Crippen LogP contribution in [0.25, 0.3) is 0 Å². The fourth-order valence-corrected chi connectivity index (χ4v) is 3.75. The van der Waals surface area contributed by atoms with Gasteiger partial charge in [-0.25, -0.2) is 4.79 Å². The van der Waals surface area contributed by atoms with E-state index in [1.165, 1.54) is 7.11 Å². The smallest absolute Gasteiger partial charge is 0.408 e. The van der Waals surface area contributed by atoms with E-state index in [1.807, 2.05) is 18.2 Å². The Morgan fingerprint density at radius 2 is 1.72 bits per heavy atom. The Morgan fingerprint density at radius 3 is 2.24 bits per heavy atom. The summed E-state index contributed by atoms with van der Waals surface area (Å²) in [5.41, 5.74) is 0.792. The Morgan fingerprint density at radius 1 is 1.12 bits per heavy atom. The number of carbonyl (C=O) groups is 2. The molecule has 0 unspecified atom stereocenters. The van der Waals surface area contributed by atoms with Crippen LogP contribution in [0, 0.1) is 0 Å². The van der Waals surface area contributed by atoms with Crippen LogP contribution < -0.4 is 5.32 Å². The first kappa shape index (κ1) is 21.2. The molecule has 0 radical (unpaired) electrons. The van der Waals surface area contributed by atoms with Crippen LogP contribution in [-0.4, -0.2) is 38.2 Å². The number of methoxy groups -OCH3 is 1. The van der Waals surface area contributed by atoms with Gasteiger partial charge in [0.25, 0.3) is 0 Å². The highest BCUT2D eigenvalue weighted by Gasteiger charge is 2.39. The second kappa shape index (κ2) is 10.9. The van der Waals surface area contributed by atoms with E-state index in [9.17, 15) is 14.2 Å². The Hall–Kier alpha value is -1.89. The molecule has 1 amide bonds. The zero-order chi connectivity index (χ0) is 18.7. The van der Waals surface area contributed by atoms with E-state index >= 15 is 0 Å². The third-order valence-electron chi connectivity index (χ3n) is 3.08. The summed E-state index contributed by atoms with van der Waals surface area (Å²) in [6.07, 6.45) is -1.20. The number of alkyl carbamates (subject to hydrolysis) is 1. The molecule has 0 aliphatic rings. The van der Waals surface area contributed by atoms with Crippen LogP contribution in [0.3, 0.4) is 0 Å². The Labute approximate surface area is 147 Å². The monoisotopic (exact) mass is 373 g/mol. The lowest BCUT2D eigenvalue weighted by molar-refractivity contribution is -0.140. The summed E-state index contributed by atoms with van der Waals surface area (Å²) in [5.74, 6) is -1.86. The Bertz CT molecular complexity index is 583.